The average molecular weight is 469 g/mol. The molecule has 0 aliphatic rings. The number of rotatable bonds is 7. The number of hydrogen-bond acceptors (Lipinski definition) is 4. The summed E-state index contributed by atoms with van der Waals surface area (Å²) < 4.78 is 54.4. The molecule has 0 aliphatic heterocycles. The predicted molar refractivity (Wildman–Crippen MR) is 118 cm³/mol. The minimum absolute atomic E-state index is 0.0647. The van der Waals surface area contributed by atoms with Gasteiger partial charge in [0.15, 0.2) is 0 Å². The van der Waals surface area contributed by atoms with Crippen LogP contribution in [0.15, 0.2) is 85.5 Å². The Morgan fingerprint density at radius 3 is 2.32 bits per heavy atom. The fourth-order valence-corrected chi connectivity index (χ4v) is 3.46. The normalized spacial score (nSPS) is 12.4. The van der Waals surface area contributed by atoms with Gasteiger partial charge in [-0.05, 0) is 41.5 Å². The molecule has 0 radical (unpaired) electrons. The summed E-state index contributed by atoms with van der Waals surface area (Å²) in [5.41, 5.74) is 0.822. The Hall–Kier alpha value is -4.05. The number of carbonyl (C=O) groups excluding carboxylic acids is 1. The molecule has 34 heavy (non-hydrogen) atoms. The number of hydrogen-bond donors (Lipinski definition) is 2. The Kier molecular flexibility index (Phi) is 6.69. The largest absolute Gasteiger partial charge is 0.416 e. The SMILES string of the molecule is O=C(CNC(c1ccccc1)c1ccc(F)cc1)Nc1cc(C(F)(F)F)ccc1-n1cncn1. The van der Waals surface area contributed by atoms with E-state index in [1.54, 1.807) is 12.1 Å². The first-order valence-electron chi connectivity index (χ1n) is 10.2. The maximum Gasteiger partial charge on any atom is 0.416 e. The summed E-state index contributed by atoms with van der Waals surface area (Å²) in [6.07, 6.45) is -2.03. The number of carbonyl (C=O) groups is 1. The van der Waals surface area contributed by atoms with Gasteiger partial charge in [0.05, 0.1) is 29.5 Å². The zero-order chi connectivity index (χ0) is 24.1. The molecule has 1 unspecified atom stereocenters. The highest BCUT2D eigenvalue weighted by Crippen LogP contribution is 2.33. The van der Waals surface area contributed by atoms with Crippen LogP contribution in [0.5, 0.6) is 0 Å². The Bertz CT molecular complexity index is 1240. The van der Waals surface area contributed by atoms with Gasteiger partial charge in [-0.1, -0.05) is 42.5 Å². The van der Waals surface area contributed by atoms with Gasteiger partial charge in [0.1, 0.15) is 18.5 Å². The quantitative estimate of drug-likeness (QED) is 0.384. The molecule has 6 nitrogen and oxygen atoms in total. The number of aromatic nitrogens is 3. The van der Waals surface area contributed by atoms with Gasteiger partial charge in [-0.3, -0.25) is 10.1 Å². The van der Waals surface area contributed by atoms with Crippen LogP contribution in [-0.4, -0.2) is 27.2 Å². The van der Waals surface area contributed by atoms with E-state index in [4.69, 9.17) is 0 Å². The molecule has 4 rings (SSSR count). The van der Waals surface area contributed by atoms with Crippen LogP contribution in [0.4, 0.5) is 23.2 Å². The average Bonchev–Trinajstić information content (AvgIpc) is 3.35. The molecular formula is C24H19F4N5O. The number of alkyl halides is 3. The first-order valence-corrected chi connectivity index (χ1v) is 10.2. The maximum atomic E-state index is 13.4. The molecule has 4 aromatic rings. The zero-order valence-corrected chi connectivity index (χ0v) is 17.6. The van der Waals surface area contributed by atoms with Crippen LogP contribution < -0.4 is 10.6 Å². The lowest BCUT2D eigenvalue weighted by atomic mass is 9.98. The van der Waals surface area contributed by atoms with E-state index in [2.05, 4.69) is 20.7 Å². The molecule has 10 heteroatoms. The predicted octanol–water partition coefficient (Wildman–Crippen LogP) is 4.74. The highest BCUT2D eigenvalue weighted by atomic mass is 19.4. The first kappa shape index (κ1) is 23.1. The van der Waals surface area contributed by atoms with Crippen LogP contribution in [0.3, 0.4) is 0 Å². The lowest BCUT2D eigenvalue weighted by molar-refractivity contribution is -0.137. The third-order valence-corrected chi connectivity index (χ3v) is 5.07. The van der Waals surface area contributed by atoms with Crippen LogP contribution in [0, 0.1) is 5.82 Å². The number of anilines is 1. The van der Waals surface area contributed by atoms with E-state index >= 15 is 0 Å². The number of nitrogens with zero attached hydrogens (tertiary/aromatic N) is 3. The summed E-state index contributed by atoms with van der Waals surface area (Å²) in [5, 5.41) is 9.56. The van der Waals surface area contributed by atoms with Crippen molar-refractivity contribution in [2.24, 2.45) is 0 Å². The van der Waals surface area contributed by atoms with E-state index in [1.165, 1.54) is 35.5 Å². The number of benzene rings is 3. The molecule has 1 aromatic heterocycles. The Morgan fingerprint density at radius 2 is 1.68 bits per heavy atom. The molecule has 2 N–H and O–H groups in total. The van der Waals surface area contributed by atoms with Crippen molar-refractivity contribution >= 4 is 11.6 Å². The van der Waals surface area contributed by atoms with Crippen molar-refractivity contribution in [1.82, 2.24) is 20.1 Å². The van der Waals surface area contributed by atoms with Gasteiger partial charge in [-0.2, -0.15) is 18.3 Å². The summed E-state index contributed by atoms with van der Waals surface area (Å²) in [5.74, 6) is -0.956. The van der Waals surface area contributed by atoms with Gasteiger partial charge < -0.3 is 5.32 Å². The van der Waals surface area contributed by atoms with Crippen molar-refractivity contribution in [1.29, 1.82) is 0 Å². The van der Waals surface area contributed by atoms with Gasteiger partial charge in [0, 0.05) is 0 Å². The molecule has 0 saturated carbocycles. The zero-order valence-electron chi connectivity index (χ0n) is 17.6. The fourth-order valence-electron chi connectivity index (χ4n) is 3.46. The highest BCUT2D eigenvalue weighted by molar-refractivity contribution is 5.94. The molecular weight excluding hydrogens is 450 g/mol. The highest BCUT2D eigenvalue weighted by Gasteiger charge is 2.31. The molecule has 1 amide bonds. The standard InChI is InChI=1S/C24H19F4N5O/c25-19-9-6-17(7-10-19)23(16-4-2-1-3-5-16)30-13-22(34)32-20-12-18(24(26,27)28)8-11-21(20)33-15-29-14-31-33/h1-12,14-15,23,30H,13H2,(H,32,34). The number of amides is 1. The number of halogens is 4. The summed E-state index contributed by atoms with van der Waals surface area (Å²) in [4.78, 5) is 16.6. The topological polar surface area (TPSA) is 71.8 Å². The van der Waals surface area contributed by atoms with Crippen molar-refractivity contribution in [2.45, 2.75) is 12.2 Å². The van der Waals surface area contributed by atoms with Gasteiger partial charge in [0.25, 0.3) is 0 Å². The lowest BCUT2D eigenvalue weighted by Gasteiger charge is -2.20. The van der Waals surface area contributed by atoms with Crippen molar-refractivity contribution in [3.63, 3.8) is 0 Å². The summed E-state index contributed by atoms with van der Waals surface area (Å²) in [6.45, 7) is -0.218. The van der Waals surface area contributed by atoms with E-state index in [0.717, 1.165) is 23.3 Å². The van der Waals surface area contributed by atoms with Crippen molar-refractivity contribution in [2.75, 3.05) is 11.9 Å². The lowest BCUT2D eigenvalue weighted by Crippen LogP contribution is -2.32. The second-order valence-electron chi connectivity index (χ2n) is 7.39. The van der Waals surface area contributed by atoms with E-state index in [-0.39, 0.29) is 17.9 Å². The molecule has 0 fully saturated rings. The Labute approximate surface area is 192 Å². The van der Waals surface area contributed by atoms with Crippen LogP contribution in [-0.2, 0) is 11.0 Å². The second-order valence-corrected chi connectivity index (χ2v) is 7.39. The van der Waals surface area contributed by atoms with Crippen molar-refractivity contribution in [3.8, 4) is 5.69 Å². The first-order chi connectivity index (χ1) is 16.3. The van der Waals surface area contributed by atoms with Gasteiger partial charge in [0.2, 0.25) is 5.91 Å². The summed E-state index contributed by atoms with van der Waals surface area (Å²) in [7, 11) is 0. The second kappa shape index (κ2) is 9.84. The van der Waals surface area contributed by atoms with Crippen molar-refractivity contribution in [3.05, 3.63) is 108 Å². The molecule has 0 bridgehead atoms. The third-order valence-electron chi connectivity index (χ3n) is 5.07. The minimum atomic E-state index is -4.58. The Morgan fingerprint density at radius 1 is 0.971 bits per heavy atom. The van der Waals surface area contributed by atoms with E-state index in [1.807, 2.05) is 30.3 Å². The monoisotopic (exact) mass is 469 g/mol. The van der Waals surface area contributed by atoms with Crippen LogP contribution in [0.2, 0.25) is 0 Å². The van der Waals surface area contributed by atoms with Gasteiger partial charge >= 0.3 is 6.18 Å². The van der Waals surface area contributed by atoms with E-state index < -0.39 is 29.5 Å². The molecule has 1 atom stereocenters. The van der Waals surface area contributed by atoms with Gasteiger partial charge in [-0.15, -0.1) is 0 Å². The molecule has 1 heterocycles. The van der Waals surface area contributed by atoms with Crippen LogP contribution in [0.25, 0.3) is 5.69 Å². The fraction of sp³-hybridized carbons (Fsp3) is 0.125. The molecule has 0 spiro atoms. The maximum absolute atomic E-state index is 13.4. The molecule has 0 aliphatic carbocycles. The molecule has 174 valence electrons. The van der Waals surface area contributed by atoms with Gasteiger partial charge in [-0.25, -0.2) is 14.1 Å². The van der Waals surface area contributed by atoms with Crippen LogP contribution in [0.1, 0.15) is 22.7 Å². The Balaban J connectivity index is 1.56. The van der Waals surface area contributed by atoms with E-state index in [0.29, 0.717) is 0 Å². The van der Waals surface area contributed by atoms with Crippen LogP contribution >= 0.6 is 0 Å². The third kappa shape index (κ3) is 5.46. The smallest absolute Gasteiger partial charge is 0.323 e. The molecule has 3 aromatic carbocycles. The molecule has 0 saturated heterocycles. The summed E-state index contributed by atoms with van der Waals surface area (Å²) >= 11 is 0. The number of nitrogens with one attached hydrogen (secondary N) is 2. The minimum Gasteiger partial charge on any atom is -0.323 e. The summed E-state index contributed by atoms with van der Waals surface area (Å²) in [6, 6.07) is 17.6. The van der Waals surface area contributed by atoms with E-state index in [9.17, 15) is 22.4 Å². The van der Waals surface area contributed by atoms with Crippen molar-refractivity contribution < 1.29 is 22.4 Å².